The van der Waals surface area contributed by atoms with Gasteiger partial charge in [0.05, 0.1) is 32.0 Å². The van der Waals surface area contributed by atoms with Gasteiger partial charge in [0.25, 0.3) is 0 Å². The van der Waals surface area contributed by atoms with Gasteiger partial charge in [-0.2, -0.15) is 0 Å². The molecule has 0 bridgehead atoms. The van der Waals surface area contributed by atoms with Crippen molar-refractivity contribution in [1.82, 2.24) is 4.90 Å². The van der Waals surface area contributed by atoms with Gasteiger partial charge in [-0.1, -0.05) is 0 Å². The predicted octanol–water partition coefficient (Wildman–Crippen LogP) is 2.74. The second-order valence-electron chi connectivity index (χ2n) is 5.04. The molecule has 0 aromatic carbocycles. The van der Waals surface area contributed by atoms with Crippen LogP contribution < -0.4 is 0 Å². The third kappa shape index (κ3) is 7.71. The molecule has 0 aliphatic heterocycles. The van der Waals surface area contributed by atoms with Crippen molar-refractivity contribution in [1.29, 1.82) is 0 Å². The molecule has 1 rings (SSSR count). The molecular formula is C14H24BrNO3S. The average Bonchev–Trinajstić information content (AvgIpc) is 2.74. The standard InChI is InChI=1S/C14H24BrNO3S/c1-11(2)19-6-5-18-10-12(17)8-16(3)9-14-13(15)4-7-20-14/h4,7,11-12,17H,5-6,8-10H2,1-3H3. The van der Waals surface area contributed by atoms with Crippen molar-refractivity contribution < 1.29 is 14.6 Å². The lowest BCUT2D eigenvalue weighted by Gasteiger charge is -2.20. The van der Waals surface area contributed by atoms with Crippen LogP contribution >= 0.6 is 27.3 Å². The van der Waals surface area contributed by atoms with Gasteiger partial charge in [0.1, 0.15) is 0 Å². The molecule has 6 heteroatoms. The molecular weight excluding hydrogens is 342 g/mol. The van der Waals surface area contributed by atoms with E-state index in [0.717, 1.165) is 11.0 Å². The molecule has 0 saturated heterocycles. The van der Waals surface area contributed by atoms with Crippen LogP contribution in [-0.2, 0) is 16.0 Å². The Morgan fingerprint density at radius 3 is 2.75 bits per heavy atom. The number of aliphatic hydroxyl groups excluding tert-OH is 1. The van der Waals surface area contributed by atoms with Gasteiger partial charge in [0.2, 0.25) is 0 Å². The minimum absolute atomic E-state index is 0.221. The van der Waals surface area contributed by atoms with Gasteiger partial charge in [-0.15, -0.1) is 11.3 Å². The highest BCUT2D eigenvalue weighted by Gasteiger charge is 2.11. The highest BCUT2D eigenvalue weighted by molar-refractivity contribution is 9.10. The van der Waals surface area contributed by atoms with Crippen LogP contribution in [0.4, 0.5) is 0 Å². The number of hydrogen-bond acceptors (Lipinski definition) is 5. The molecule has 0 spiro atoms. The van der Waals surface area contributed by atoms with E-state index in [1.165, 1.54) is 4.88 Å². The minimum atomic E-state index is -0.474. The molecule has 1 aromatic heterocycles. The van der Waals surface area contributed by atoms with Crippen LogP contribution in [0.2, 0.25) is 0 Å². The van der Waals surface area contributed by atoms with Crippen molar-refractivity contribution >= 4 is 27.3 Å². The molecule has 0 amide bonds. The molecule has 4 nitrogen and oxygen atoms in total. The zero-order chi connectivity index (χ0) is 15.0. The van der Waals surface area contributed by atoms with Crippen LogP contribution in [-0.4, -0.2) is 55.6 Å². The molecule has 1 aromatic rings. The highest BCUT2D eigenvalue weighted by atomic mass is 79.9. The molecule has 1 unspecified atom stereocenters. The smallest absolute Gasteiger partial charge is 0.0900 e. The minimum Gasteiger partial charge on any atom is -0.389 e. The van der Waals surface area contributed by atoms with Gasteiger partial charge in [-0.25, -0.2) is 0 Å². The van der Waals surface area contributed by atoms with Crippen molar-refractivity contribution in [2.75, 3.05) is 33.4 Å². The first-order valence-electron chi connectivity index (χ1n) is 6.77. The third-order valence-electron chi connectivity index (χ3n) is 2.62. The second kappa shape index (κ2) is 9.87. The maximum Gasteiger partial charge on any atom is 0.0900 e. The summed E-state index contributed by atoms with van der Waals surface area (Å²) in [7, 11) is 2.00. The van der Waals surface area contributed by atoms with Gasteiger partial charge >= 0.3 is 0 Å². The van der Waals surface area contributed by atoms with Gasteiger partial charge in [-0.3, -0.25) is 4.90 Å². The van der Waals surface area contributed by atoms with E-state index in [1.807, 2.05) is 27.0 Å². The molecule has 0 aliphatic carbocycles. The Labute approximate surface area is 133 Å². The van der Waals surface area contributed by atoms with E-state index < -0.39 is 6.10 Å². The normalized spacial score (nSPS) is 13.3. The Balaban J connectivity index is 2.12. The van der Waals surface area contributed by atoms with E-state index in [2.05, 4.69) is 26.2 Å². The number of rotatable bonds is 10. The van der Waals surface area contributed by atoms with Gasteiger partial charge in [0, 0.05) is 22.4 Å². The Hall–Kier alpha value is 0.0200. The van der Waals surface area contributed by atoms with Crippen LogP contribution in [0.3, 0.4) is 0 Å². The van der Waals surface area contributed by atoms with Crippen LogP contribution in [0.25, 0.3) is 0 Å². The summed E-state index contributed by atoms with van der Waals surface area (Å²) in [6.07, 6.45) is -0.253. The lowest BCUT2D eigenvalue weighted by atomic mass is 10.3. The zero-order valence-corrected chi connectivity index (χ0v) is 14.7. The Kier molecular flexibility index (Phi) is 8.91. The van der Waals surface area contributed by atoms with E-state index in [1.54, 1.807) is 11.3 Å². The van der Waals surface area contributed by atoms with Gasteiger partial charge in [0.15, 0.2) is 0 Å². The van der Waals surface area contributed by atoms with E-state index in [0.29, 0.717) is 26.4 Å². The van der Waals surface area contributed by atoms with E-state index in [4.69, 9.17) is 9.47 Å². The summed E-state index contributed by atoms with van der Waals surface area (Å²) >= 11 is 5.23. The summed E-state index contributed by atoms with van der Waals surface area (Å²) < 4.78 is 11.9. The van der Waals surface area contributed by atoms with Crippen LogP contribution in [0, 0.1) is 0 Å². The summed E-state index contributed by atoms with van der Waals surface area (Å²) in [5.74, 6) is 0. The lowest BCUT2D eigenvalue weighted by molar-refractivity contribution is -0.0173. The quantitative estimate of drug-likeness (QED) is 0.647. The fourth-order valence-electron chi connectivity index (χ4n) is 1.72. The number of likely N-dealkylation sites (N-methyl/N-ethyl adjacent to an activating group) is 1. The van der Waals surface area contributed by atoms with Gasteiger partial charge < -0.3 is 14.6 Å². The fourth-order valence-corrected chi connectivity index (χ4v) is 3.28. The Bertz CT molecular complexity index is 373. The molecule has 1 heterocycles. The van der Waals surface area contributed by atoms with E-state index in [-0.39, 0.29) is 6.10 Å². The van der Waals surface area contributed by atoms with Crippen LogP contribution in [0.5, 0.6) is 0 Å². The Morgan fingerprint density at radius 2 is 2.15 bits per heavy atom. The number of aliphatic hydroxyl groups is 1. The molecule has 0 fully saturated rings. The summed E-state index contributed by atoms with van der Waals surface area (Å²) in [5.41, 5.74) is 0. The van der Waals surface area contributed by atoms with Crippen molar-refractivity contribution in [3.63, 3.8) is 0 Å². The number of nitrogens with zero attached hydrogens (tertiary/aromatic N) is 1. The molecule has 1 N–H and O–H groups in total. The number of thiophene rings is 1. The van der Waals surface area contributed by atoms with Crippen LogP contribution in [0.1, 0.15) is 18.7 Å². The van der Waals surface area contributed by atoms with E-state index >= 15 is 0 Å². The monoisotopic (exact) mass is 365 g/mol. The topological polar surface area (TPSA) is 41.9 Å². The predicted molar refractivity (Wildman–Crippen MR) is 86.3 cm³/mol. The number of halogens is 1. The number of ether oxygens (including phenoxy) is 2. The third-order valence-corrected chi connectivity index (χ3v) is 4.53. The Morgan fingerprint density at radius 1 is 1.40 bits per heavy atom. The largest absolute Gasteiger partial charge is 0.389 e. The molecule has 20 heavy (non-hydrogen) atoms. The second-order valence-corrected chi connectivity index (χ2v) is 6.89. The van der Waals surface area contributed by atoms with Crippen LogP contribution in [0.15, 0.2) is 15.9 Å². The highest BCUT2D eigenvalue weighted by Crippen LogP contribution is 2.23. The average molecular weight is 366 g/mol. The van der Waals surface area contributed by atoms with Crippen molar-refractivity contribution in [3.05, 3.63) is 20.8 Å². The summed E-state index contributed by atoms with van der Waals surface area (Å²) in [6, 6.07) is 2.04. The first-order chi connectivity index (χ1) is 9.49. The van der Waals surface area contributed by atoms with Gasteiger partial charge in [-0.05, 0) is 48.3 Å². The molecule has 1 atom stereocenters. The van der Waals surface area contributed by atoms with Crippen molar-refractivity contribution in [2.24, 2.45) is 0 Å². The fraction of sp³-hybridized carbons (Fsp3) is 0.714. The van der Waals surface area contributed by atoms with Crippen molar-refractivity contribution in [3.8, 4) is 0 Å². The molecule has 116 valence electrons. The first-order valence-corrected chi connectivity index (χ1v) is 8.44. The molecule has 0 aliphatic rings. The zero-order valence-electron chi connectivity index (χ0n) is 12.3. The first kappa shape index (κ1) is 18.1. The van der Waals surface area contributed by atoms with Crippen molar-refractivity contribution in [2.45, 2.75) is 32.6 Å². The maximum atomic E-state index is 9.91. The number of hydrogen-bond donors (Lipinski definition) is 1. The summed E-state index contributed by atoms with van der Waals surface area (Å²) in [4.78, 5) is 3.36. The maximum absolute atomic E-state index is 9.91. The molecule has 0 radical (unpaired) electrons. The SMILES string of the molecule is CC(C)OCCOCC(O)CN(C)Cc1sccc1Br. The lowest BCUT2D eigenvalue weighted by Crippen LogP contribution is -2.32. The summed E-state index contributed by atoms with van der Waals surface area (Å²) in [6.45, 7) is 6.84. The van der Waals surface area contributed by atoms with E-state index in [9.17, 15) is 5.11 Å². The molecule has 0 saturated carbocycles. The summed E-state index contributed by atoms with van der Waals surface area (Å²) in [5, 5.41) is 12.0.